The summed E-state index contributed by atoms with van der Waals surface area (Å²) in [5.74, 6) is -0.989. The van der Waals surface area contributed by atoms with Crippen LogP contribution in [0.4, 0.5) is 8.78 Å². The van der Waals surface area contributed by atoms with Gasteiger partial charge in [0.05, 0.1) is 5.56 Å². The van der Waals surface area contributed by atoms with Gasteiger partial charge in [0.2, 0.25) is 0 Å². The highest BCUT2D eigenvalue weighted by molar-refractivity contribution is 5.98. The van der Waals surface area contributed by atoms with E-state index in [1.54, 1.807) is 0 Å². The first-order valence-corrected chi connectivity index (χ1v) is 10.4. The van der Waals surface area contributed by atoms with Gasteiger partial charge in [0.1, 0.15) is 23.0 Å². The number of rotatable bonds is 4. The van der Waals surface area contributed by atoms with Crippen molar-refractivity contribution in [3.63, 3.8) is 0 Å². The smallest absolute Gasteiger partial charge is 0.173 e. The van der Waals surface area contributed by atoms with Crippen molar-refractivity contribution in [1.82, 2.24) is 0 Å². The number of carbonyl (C=O) groups is 1. The summed E-state index contributed by atoms with van der Waals surface area (Å²) >= 11 is 0. The number of ether oxygens (including phenoxy) is 1. The van der Waals surface area contributed by atoms with Gasteiger partial charge in [-0.1, -0.05) is 48.5 Å². The molecule has 0 bridgehead atoms. The fourth-order valence-corrected chi connectivity index (χ4v) is 4.70. The molecule has 1 aliphatic heterocycles. The molecule has 1 aliphatic carbocycles. The van der Waals surface area contributed by atoms with Crippen molar-refractivity contribution < 1.29 is 18.3 Å². The fourth-order valence-electron chi connectivity index (χ4n) is 4.70. The number of hydrogen-bond acceptors (Lipinski definition) is 2. The number of halogens is 2. The van der Waals surface area contributed by atoms with Crippen molar-refractivity contribution in [3.8, 4) is 5.75 Å². The SMILES string of the molecule is O=C(Cc1ccc(C2CC3(CCC3)Oc3ccccc32)cc1)c1c(F)cccc1F. The number of fused-ring (bicyclic) bond motifs is 1. The van der Waals surface area contributed by atoms with E-state index in [-0.39, 0.29) is 17.9 Å². The van der Waals surface area contributed by atoms with Crippen LogP contribution >= 0.6 is 0 Å². The Hall–Kier alpha value is -3.01. The lowest BCUT2D eigenvalue weighted by atomic mass is 9.69. The monoisotopic (exact) mass is 404 g/mol. The number of Topliss-reactive ketones (excluding diaryl/α,β-unsaturated/α-hetero) is 1. The van der Waals surface area contributed by atoms with Gasteiger partial charge >= 0.3 is 0 Å². The summed E-state index contributed by atoms with van der Waals surface area (Å²) in [4.78, 5) is 12.4. The van der Waals surface area contributed by atoms with Crippen molar-refractivity contribution in [2.45, 2.75) is 43.6 Å². The molecular formula is C26H22F2O2. The summed E-state index contributed by atoms with van der Waals surface area (Å²) in [7, 11) is 0. The van der Waals surface area contributed by atoms with Gasteiger partial charge in [0.25, 0.3) is 0 Å². The maximum atomic E-state index is 13.9. The Labute approximate surface area is 174 Å². The molecule has 152 valence electrons. The van der Waals surface area contributed by atoms with Crippen molar-refractivity contribution in [2.24, 2.45) is 0 Å². The molecule has 1 unspecified atom stereocenters. The van der Waals surface area contributed by atoms with Crippen molar-refractivity contribution in [3.05, 3.63) is 101 Å². The Morgan fingerprint density at radius 2 is 1.63 bits per heavy atom. The van der Waals surface area contributed by atoms with Gasteiger partial charge in [-0.2, -0.15) is 0 Å². The number of ketones is 1. The normalized spacial score (nSPS) is 18.9. The van der Waals surface area contributed by atoms with Crippen molar-refractivity contribution >= 4 is 5.78 Å². The van der Waals surface area contributed by atoms with Gasteiger partial charge in [0.15, 0.2) is 5.78 Å². The van der Waals surface area contributed by atoms with Gasteiger partial charge in [-0.05, 0) is 55.0 Å². The predicted octanol–water partition coefficient (Wildman–Crippen LogP) is 6.23. The molecule has 1 saturated carbocycles. The lowest BCUT2D eigenvalue weighted by Gasteiger charge is -2.48. The van der Waals surface area contributed by atoms with Gasteiger partial charge in [-0.15, -0.1) is 0 Å². The van der Waals surface area contributed by atoms with E-state index in [9.17, 15) is 13.6 Å². The second-order valence-corrected chi connectivity index (χ2v) is 8.37. The Kier molecular flexibility index (Phi) is 4.65. The number of para-hydroxylation sites is 1. The molecule has 4 heteroatoms. The molecule has 1 spiro atoms. The van der Waals surface area contributed by atoms with Gasteiger partial charge in [-0.25, -0.2) is 8.78 Å². The highest BCUT2D eigenvalue weighted by atomic mass is 19.1. The van der Waals surface area contributed by atoms with Crippen LogP contribution < -0.4 is 4.74 Å². The van der Waals surface area contributed by atoms with Crippen LogP contribution in [-0.4, -0.2) is 11.4 Å². The van der Waals surface area contributed by atoms with Crippen LogP contribution in [0.25, 0.3) is 0 Å². The highest BCUT2D eigenvalue weighted by Gasteiger charge is 2.45. The fraction of sp³-hybridized carbons (Fsp3) is 0.269. The van der Waals surface area contributed by atoms with E-state index in [0.29, 0.717) is 0 Å². The number of benzene rings is 3. The summed E-state index contributed by atoms with van der Waals surface area (Å²) in [5, 5.41) is 0. The third-order valence-electron chi connectivity index (χ3n) is 6.45. The van der Waals surface area contributed by atoms with E-state index in [4.69, 9.17) is 4.74 Å². The number of carbonyl (C=O) groups excluding carboxylic acids is 1. The Bertz CT molecular complexity index is 1080. The second kappa shape index (κ2) is 7.35. The second-order valence-electron chi connectivity index (χ2n) is 8.37. The number of hydrogen-bond donors (Lipinski definition) is 0. The third kappa shape index (κ3) is 3.30. The zero-order valence-corrected chi connectivity index (χ0v) is 16.5. The Balaban J connectivity index is 1.39. The molecule has 3 aromatic carbocycles. The summed E-state index contributed by atoms with van der Waals surface area (Å²) in [6.07, 6.45) is 4.27. The average Bonchev–Trinajstić information content (AvgIpc) is 2.72. The molecule has 5 rings (SSSR count). The van der Waals surface area contributed by atoms with E-state index in [2.05, 4.69) is 6.07 Å². The zero-order chi connectivity index (χ0) is 20.7. The van der Waals surface area contributed by atoms with Crippen LogP contribution in [0.15, 0.2) is 66.7 Å². The summed E-state index contributed by atoms with van der Waals surface area (Å²) < 4.78 is 34.1. The molecule has 0 aromatic heterocycles. The molecule has 0 amide bonds. The van der Waals surface area contributed by atoms with Gasteiger partial charge < -0.3 is 4.74 Å². The van der Waals surface area contributed by atoms with E-state index >= 15 is 0 Å². The lowest BCUT2D eigenvalue weighted by molar-refractivity contribution is -0.0299. The zero-order valence-electron chi connectivity index (χ0n) is 16.5. The summed E-state index contributed by atoms with van der Waals surface area (Å²) in [5.41, 5.74) is 2.57. The minimum atomic E-state index is -0.818. The Morgan fingerprint density at radius 3 is 2.30 bits per heavy atom. The first-order valence-electron chi connectivity index (χ1n) is 10.4. The first-order chi connectivity index (χ1) is 14.5. The van der Waals surface area contributed by atoms with E-state index in [1.165, 1.54) is 23.6 Å². The molecule has 0 saturated heterocycles. The van der Waals surface area contributed by atoms with Gasteiger partial charge in [0, 0.05) is 17.9 Å². The molecule has 0 N–H and O–H groups in total. The average molecular weight is 404 g/mol. The third-order valence-corrected chi connectivity index (χ3v) is 6.45. The molecule has 3 aromatic rings. The minimum Gasteiger partial charge on any atom is -0.487 e. The quantitative estimate of drug-likeness (QED) is 0.482. The van der Waals surface area contributed by atoms with E-state index in [1.807, 2.05) is 42.5 Å². The molecule has 2 nitrogen and oxygen atoms in total. The van der Waals surface area contributed by atoms with Crippen LogP contribution in [0.1, 0.15) is 58.6 Å². The molecule has 2 aliphatic rings. The van der Waals surface area contributed by atoms with Crippen molar-refractivity contribution in [1.29, 1.82) is 0 Å². The summed E-state index contributed by atoms with van der Waals surface area (Å²) in [6, 6.07) is 19.5. The molecule has 1 heterocycles. The molecule has 1 atom stereocenters. The van der Waals surface area contributed by atoms with Crippen LogP contribution in [-0.2, 0) is 6.42 Å². The topological polar surface area (TPSA) is 26.3 Å². The highest BCUT2D eigenvalue weighted by Crippen LogP contribution is 2.51. The van der Waals surface area contributed by atoms with E-state index < -0.39 is 23.0 Å². The van der Waals surface area contributed by atoms with Gasteiger partial charge in [-0.3, -0.25) is 4.79 Å². The van der Waals surface area contributed by atoms with Crippen LogP contribution in [0.3, 0.4) is 0 Å². The van der Waals surface area contributed by atoms with Crippen molar-refractivity contribution in [2.75, 3.05) is 0 Å². The van der Waals surface area contributed by atoms with Crippen LogP contribution in [0.5, 0.6) is 5.75 Å². The Morgan fingerprint density at radius 1 is 0.933 bits per heavy atom. The molecule has 30 heavy (non-hydrogen) atoms. The predicted molar refractivity (Wildman–Crippen MR) is 111 cm³/mol. The largest absolute Gasteiger partial charge is 0.487 e. The molecule has 1 fully saturated rings. The first kappa shape index (κ1) is 19.0. The standard InChI is InChI=1S/C26H22F2O2/c27-21-6-3-7-22(28)25(21)23(29)15-17-9-11-18(12-10-17)20-16-26(13-4-14-26)30-24-8-2-1-5-19(20)24/h1-3,5-12,20H,4,13-16H2. The maximum Gasteiger partial charge on any atom is 0.173 e. The van der Waals surface area contributed by atoms with Crippen LogP contribution in [0.2, 0.25) is 0 Å². The summed E-state index contributed by atoms with van der Waals surface area (Å²) in [6.45, 7) is 0. The van der Waals surface area contributed by atoms with Crippen LogP contribution in [0, 0.1) is 11.6 Å². The molecule has 0 radical (unpaired) electrons. The molecular weight excluding hydrogens is 382 g/mol. The minimum absolute atomic E-state index is 0.0353. The lowest BCUT2D eigenvalue weighted by Crippen LogP contribution is -2.47. The van der Waals surface area contributed by atoms with E-state index in [0.717, 1.165) is 42.7 Å². The maximum absolute atomic E-state index is 13.9.